The first-order chi connectivity index (χ1) is 11.0. The Morgan fingerprint density at radius 2 is 1.87 bits per heavy atom. The highest BCUT2D eigenvalue weighted by atomic mass is 16.5. The van der Waals surface area contributed by atoms with E-state index in [4.69, 9.17) is 9.84 Å². The molecule has 2 rings (SSSR count). The van der Waals surface area contributed by atoms with E-state index >= 15 is 0 Å². The number of aliphatic hydroxyl groups is 1. The standard InChI is InChI=1S/C19H23NO3/c1-13(2)16-7-5-8-17(11-16)20-19(22)14(3)23-18-9-4-6-15(10-18)12-21/h4-11,13-14,21H,12H2,1-3H3,(H,20,22). The van der Waals surface area contributed by atoms with E-state index in [1.54, 1.807) is 31.2 Å². The second-order valence-corrected chi connectivity index (χ2v) is 5.84. The van der Waals surface area contributed by atoms with Gasteiger partial charge in [-0.3, -0.25) is 4.79 Å². The lowest BCUT2D eigenvalue weighted by Crippen LogP contribution is -2.30. The van der Waals surface area contributed by atoms with E-state index in [0.717, 1.165) is 11.3 Å². The fraction of sp³-hybridized carbons (Fsp3) is 0.316. The first-order valence-corrected chi connectivity index (χ1v) is 7.77. The number of amides is 1. The van der Waals surface area contributed by atoms with Crippen molar-refractivity contribution in [1.29, 1.82) is 0 Å². The molecule has 1 atom stereocenters. The minimum absolute atomic E-state index is 0.0558. The molecular weight excluding hydrogens is 290 g/mol. The predicted octanol–water partition coefficient (Wildman–Crippen LogP) is 3.71. The van der Waals surface area contributed by atoms with Crippen LogP contribution < -0.4 is 10.1 Å². The molecule has 0 aromatic heterocycles. The first kappa shape index (κ1) is 17.0. The Morgan fingerprint density at radius 3 is 2.57 bits per heavy atom. The maximum Gasteiger partial charge on any atom is 0.265 e. The van der Waals surface area contributed by atoms with E-state index in [1.807, 2.05) is 24.3 Å². The van der Waals surface area contributed by atoms with Gasteiger partial charge >= 0.3 is 0 Å². The van der Waals surface area contributed by atoms with Crippen molar-refractivity contribution >= 4 is 11.6 Å². The van der Waals surface area contributed by atoms with Crippen LogP contribution in [0.1, 0.15) is 37.8 Å². The van der Waals surface area contributed by atoms with Gasteiger partial charge in [-0.2, -0.15) is 0 Å². The van der Waals surface area contributed by atoms with Crippen LogP contribution in [0.5, 0.6) is 5.75 Å². The number of hydrogen-bond donors (Lipinski definition) is 2. The quantitative estimate of drug-likeness (QED) is 0.854. The average Bonchev–Trinajstić information content (AvgIpc) is 2.55. The maximum absolute atomic E-state index is 12.3. The van der Waals surface area contributed by atoms with Crippen LogP contribution in [0.2, 0.25) is 0 Å². The zero-order valence-electron chi connectivity index (χ0n) is 13.7. The Bertz CT molecular complexity index is 667. The number of benzene rings is 2. The van der Waals surface area contributed by atoms with Gasteiger partial charge in [0.25, 0.3) is 5.91 Å². The van der Waals surface area contributed by atoms with Gasteiger partial charge in [0.05, 0.1) is 6.61 Å². The van der Waals surface area contributed by atoms with E-state index in [-0.39, 0.29) is 12.5 Å². The third-order valence-electron chi connectivity index (χ3n) is 3.58. The van der Waals surface area contributed by atoms with Crippen LogP contribution in [0.15, 0.2) is 48.5 Å². The SMILES string of the molecule is CC(Oc1cccc(CO)c1)C(=O)Nc1cccc(C(C)C)c1. The fourth-order valence-electron chi connectivity index (χ4n) is 2.19. The summed E-state index contributed by atoms with van der Waals surface area (Å²) in [4.78, 5) is 12.3. The van der Waals surface area contributed by atoms with E-state index in [0.29, 0.717) is 11.7 Å². The van der Waals surface area contributed by atoms with Gasteiger partial charge in [0.2, 0.25) is 0 Å². The summed E-state index contributed by atoms with van der Waals surface area (Å²) < 4.78 is 5.65. The molecule has 0 spiro atoms. The molecule has 0 radical (unpaired) electrons. The third-order valence-corrected chi connectivity index (χ3v) is 3.58. The van der Waals surface area contributed by atoms with Crippen LogP contribution in [0.25, 0.3) is 0 Å². The smallest absolute Gasteiger partial charge is 0.265 e. The van der Waals surface area contributed by atoms with E-state index in [9.17, 15) is 4.79 Å². The summed E-state index contributed by atoms with van der Waals surface area (Å²) in [6.45, 7) is 5.87. The first-order valence-electron chi connectivity index (χ1n) is 7.77. The van der Waals surface area contributed by atoms with Crippen molar-refractivity contribution < 1.29 is 14.6 Å². The fourth-order valence-corrected chi connectivity index (χ4v) is 2.19. The second-order valence-electron chi connectivity index (χ2n) is 5.84. The summed E-state index contributed by atoms with van der Waals surface area (Å²) in [6, 6.07) is 14.9. The minimum atomic E-state index is -0.633. The van der Waals surface area contributed by atoms with E-state index < -0.39 is 6.10 Å². The minimum Gasteiger partial charge on any atom is -0.481 e. The topological polar surface area (TPSA) is 58.6 Å². The van der Waals surface area contributed by atoms with Crippen LogP contribution in [-0.2, 0) is 11.4 Å². The Balaban J connectivity index is 2.00. The van der Waals surface area contributed by atoms with Crippen molar-refractivity contribution in [3.8, 4) is 5.75 Å². The second kappa shape index (κ2) is 7.79. The molecule has 4 heteroatoms. The highest BCUT2D eigenvalue weighted by Gasteiger charge is 2.15. The number of carbonyl (C=O) groups is 1. The van der Waals surface area contributed by atoms with Gasteiger partial charge in [0.15, 0.2) is 6.10 Å². The molecule has 2 N–H and O–H groups in total. The summed E-state index contributed by atoms with van der Waals surface area (Å²) in [5.41, 5.74) is 2.69. The summed E-state index contributed by atoms with van der Waals surface area (Å²) in [5, 5.41) is 12.0. The van der Waals surface area contributed by atoms with E-state index in [1.165, 1.54) is 5.56 Å². The van der Waals surface area contributed by atoms with Gasteiger partial charge in [-0.1, -0.05) is 38.1 Å². The van der Waals surface area contributed by atoms with Crippen molar-refractivity contribution in [2.75, 3.05) is 5.32 Å². The van der Waals surface area contributed by atoms with Gasteiger partial charge in [-0.25, -0.2) is 0 Å². The number of nitrogens with one attached hydrogen (secondary N) is 1. The monoisotopic (exact) mass is 313 g/mol. The molecule has 0 saturated carbocycles. The zero-order chi connectivity index (χ0) is 16.8. The van der Waals surface area contributed by atoms with Gasteiger partial charge in [-0.05, 0) is 48.2 Å². The molecule has 0 aliphatic heterocycles. The molecule has 0 bridgehead atoms. The highest BCUT2D eigenvalue weighted by molar-refractivity contribution is 5.94. The van der Waals surface area contributed by atoms with Crippen molar-refractivity contribution in [2.24, 2.45) is 0 Å². The Morgan fingerprint density at radius 1 is 1.13 bits per heavy atom. The number of hydrogen-bond acceptors (Lipinski definition) is 3. The third kappa shape index (κ3) is 4.83. The number of carbonyl (C=O) groups excluding carboxylic acids is 1. The maximum atomic E-state index is 12.3. The molecule has 0 heterocycles. The molecule has 122 valence electrons. The number of aliphatic hydroxyl groups excluding tert-OH is 1. The van der Waals surface area contributed by atoms with Gasteiger partial charge in [-0.15, -0.1) is 0 Å². The molecule has 0 fully saturated rings. The van der Waals surface area contributed by atoms with Crippen LogP contribution in [0.4, 0.5) is 5.69 Å². The molecule has 0 aliphatic rings. The summed E-state index contributed by atoms with van der Waals surface area (Å²) in [5.74, 6) is 0.761. The number of anilines is 1. The van der Waals surface area contributed by atoms with Gasteiger partial charge in [0.1, 0.15) is 5.75 Å². The Hall–Kier alpha value is -2.33. The lowest BCUT2D eigenvalue weighted by Gasteiger charge is -2.16. The average molecular weight is 313 g/mol. The molecule has 2 aromatic rings. The van der Waals surface area contributed by atoms with Crippen molar-refractivity contribution in [3.05, 3.63) is 59.7 Å². The van der Waals surface area contributed by atoms with Gasteiger partial charge in [0, 0.05) is 5.69 Å². The number of rotatable bonds is 6. The van der Waals surface area contributed by atoms with Crippen LogP contribution in [0.3, 0.4) is 0 Å². The molecule has 1 unspecified atom stereocenters. The van der Waals surface area contributed by atoms with Crippen molar-refractivity contribution in [3.63, 3.8) is 0 Å². The lowest BCUT2D eigenvalue weighted by molar-refractivity contribution is -0.122. The van der Waals surface area contributed by atoms with E-state index in [2.05, 4.69) is 19.2 Å². The molecule has 1 amide bonds. The largest absolute Gasteiger partial charge is 0.481 e. The lowest BCUT2D eigenvalue weighted by atomic mass is 10.0. The molecule has 4 nitrogen and oxygen atoms in total. The normalized spacial score (nSPS) is 12.0. The molecule has 0 saturated heterocycles. The number of ether oxygens (including phenoxy) is 1. The molecule has 2 aromatic carbocycles. The molecule has 0 aliphatic carbocycles. The molecular formula is C19H23NO3. The van der Waals surface area contributed by atoms with Crippen LogP contribution in [-0.4, -0.2) is 17.1 Å². The summed E-state index contributed by atoms with van der Waals surface area (Å²) in [7, 11) is 0. The van der Waals surface area contributed by atoms with Crippen molar-refractivity contribution in [2.45, 2.75) is 39.4 Å². The predicted molar refractivity (Wildman–Crippen MR) is 91.6 cm³/mol. The molecule has 23 heavy (non-hydrogen) atoms. The summed E-state index contributed by atoms with van der Waals surface area (Å²) >= 11 is 0. The van der Waals surface area contributed by atoms with Crippen molar-refractivity contribution in [1.82, 2.24) is 0 Å². The Kier molecular flexibility index (Phi) is 5.77. The van der Waals surface area contributed by atoms with Crippen LogP contribution in [0, 0.1) is 0 Å². The zero-order valence-corrected chi connectivity index (χ0v) is 13.7. The van der Waals surface area contributed by atoms with Crippen LogP contribution >= 0.6 is 0 Å². The van der Waals surface area contributed by atoms with Gasteiger partial charge < -0.3 is 15.2 Å². The Labute approximate surface area is 137 Å². The summed E-state index contributed by atoms with van der Waals surface area (Å²) in [6.07, 6.45) is -0.633. The highest BCUT2D eigenvalue weighted by Crippen LogP contribution is 2.19.